The molecule has 0 aliphatic carbocycles. The van der Waals surface area contributed by atoms with Gasteiger partial charge in [-0.05, 0) is 18.6 Å². The zero-order valence-electron chi connectivity index (χ0n) is 15.5. The number of hydrogen-bond donors (Lipinski definition) is 1. The van der Waals surface area contributed by atoms with Crippen molar-refractivity contribution in [2.45, 2.75) is 18.6 Å². The van der Waals surface area contributed by atoms with Gasteiger partial charge in [-0.2, -0.15) is 5.26 Å². The first kappa shape index (κ1) is 19.7. The third-order valence-electron chi connectivity index (χ3n) is 5.40. The van der Waals surface area contributed by atoms with Gasteiger partial charge in [0.1, 0.15) is 0 Å². The summed E-state index contributed by atoms with van der Waals surface area (Å²) in [4.78, 5) is 27.4. The highest BCUT2D eigenvalue weighted by Gasteiger charge is 2.57. The lowest BCUT2D eigenvalue weighted by molar-refractivity contribution is -0.155. The Kier molecular flexibility index (Phi) is 4.99. The summed E-state index contributed by atoms with van der Waals surface area (Å²) in [7, 11) is 0. The number of carbonyl (C=O) groups is 2. The number of allylic oxidation sites excluding steroid dienone is 1. The van der Waals surface area contributed by atoms with Gasteiger partial charge in [-0.1, -0.05) is 71.9 Å². The molecule has 3 unspecified atom stereocenters. The molecule has 7 heteroatoms. The van der Waals surface area contributed by atoms with Crippen LogP contribution in [0.15, 0.2) is 65.2 Å². The van der Waals surface area contributed by atoms with Crippen LogP contribution in [0.1, 0.15) is 28.8 Å². The van der Waals surface area contributed by atoms with Gasteiger partial charge in [0.15, 0.2) is 11.5 Å². The lowest BCUT2D eigenvalue weighted by atomic mass is 9.69. The highest BCUT2D eigenvalue weighted by Crippen LogP contribution is 2.53. The molecule has 146 valence electrons. The van der Waals surface area contributed by atoms with Crippen molar-refractivity contribution in [3.8, 4) is 6.07 Å². The van der Waals surface area contributed by atoms with Crippen molar-refractivity contribution in [3.05, 3.63) is 81.3 Å². The van der Waals surface area contributed by atoms with Crippen molar-refractivity contribution in [3.63, 3.8) is 0 Å². The van der Waals surface area contributed by atoms with E-state index in [0.29, 0.717) is 21.2 Å². The van der Waals surface area contributed by atoms with Crippen LogP contribution in [0.2, 0.25) is 5.02 Å². The summed E-state index contributed by atoms with van der Waals surface area (Å²) in [5.41, 5.74) is -0.565. The lowest BCUT2D eigenvalue weighted by Gasteiger charge is -2.47. The smallest absolute Gasteiger partial charge is 0.240 e. The van der Waals surface area contributed by atoms with Gasteiger partial charge in [0.2, 0.25) is 5.91 Å². The van der Waals surface area contributed by atoms with Gasteiger partial charge in [-0.15, -0.1) is 0 Å². The largest absolute Gasteiger partial charge is 0.370 e. The Morgan fingerprint density at radius 1 is 1.24 bits per heavy atom. The highest BCUT2D eigenvalue weighted by molar-refractivity contribution is 8.04. The van der Waals surface area contributed by atoms with Crippen molar-refractivity contribution in [1.82, 2.24) is 4.90 Å². The number of aliphatic hydroxyl groups is 1. The van der Waals surface area contributed by atoms with E-state index in [0.717, 1.165) is 0 Å². The Bertz CT molecular complexity index is 1070. The van der Waals surface area contributed by atoms with Gasteiger partial charge < -0.3 is 5.11 Å². The van der Waals surface area contributed by atoms with Gasteiger partial charge in [0, 0.05) is 16.5 Å². The van der Waals surface area contributed by atoms with E-state index in [1.165, 1.54) is 23.6 Å². The van der Waals surface area contributed by atoms with Crippen LogP contribution in [0.4, 0.5) is 0 Å². The average Bonchev–Trinajstić information content (AvgIpc) is 3.11. The number of benzene rings is 2. The number of rotatable bonds is 3. The Morgan fingerprint density at radius 3 is 2.55 bits per heavy atom. The third-order valence-corrected chi connectivity index (χ3v) is 6.81. The number of ketones is 1. The predicted octanol–water partition coefficient (Wildman–Crippen LogP) is 3.96. The first-order valence-electron chi connectivity index (χ1n) is 9.04. The topological polar surface area (TPSA) is 81.4 Å². The summed E-state index contributed by atoms with van der Waals surface area (Å²) in [5, 5.41) is 22.3. The molecule has 2 aliphatic heterocycles. The van der Waals surface area contributed by atoms with Crippen LogP contribution in [0.5, 0.6) is 0 Å². The van der Waals surface area contributed by atoms with Crippen LogP contribution in [0.3, 0.4) is 0 Å². The van der Waals surface area contributed by atoms with Gasteiger partial charge in [0.05, 0.1) is 28.3 Å². The molecule has 0 bridgehead atoms. The van der Waals surface area contributed by atoms with E-state index in [2.05, 4.69) is 6.07 Å². The monoisotopic (exact) mass is 424 g/mol. The number of carbonyl (C=O) groups excluding carboxylic acids is 2. The number of amides is 1. The summed E-state index contributed by atoms with van der Waals surface area (Å²) >= 11 is 7.65. The molecular weight excluding hydrogens is 408 g/mol. The average molecular weight is 425 g/mol. The maximum absolute atomic E-state index is 13.6. The molecule has 0 spiro atoms. The number of Topliss-reactive ketones (excluding diaryl/α,β-unsaturated/α-hetero) is 1. The fraction of sp³-hybridized carbons (Fsp3) is 0.227. The van der Waals surface area contributed by atoms with Crippen molar-refractivity contribution < 1.29 is 14.7 Å². The number of halogens is 1. The number of hydrogen-bond acceptors (Lipinski definition) is 5. The Labute approximate surface area is 177 Å². The summed E-state index contributed by atoms with van der Waals surface area (Å²) in [6.45, 7) is 1.46. The van der Waals surface area contributed by atoms with Gasteiger partial charge >= 0.3 is 0 Å². The summed E-state index contributed by atoms with van der Waals surface area (Å²) < 4.78 is 0. The fourth-order valence-electron chi connectivity index (χ4n) is 4.14. The second kappa shape index (κ2) is 7.34. The van der Waals surface area contributed by atoms with E-state index >= 15 is 0 Å². The zero-order valence-corrected chi connectivity index (χ0v) is 17.1. The lowest BCUT2D eigenvalue weighted by Crippen LogP contribution is -2.59. The van der Waals surface area contributed by atoms with E-state index in [-0.39, 0.29) is 23.0 Å². The van der Waals surface area contributed by atoms with E-state index < -0.39 is 17.6 Å². The van der Waals surface area contributed by atoms with E-state index in [1.54, 1.807) is 54.6 Å². The minimum absolute atomic E-state index is 0.109. The highest BCUT2D eigenvalue weighted by atomic mass is 35.5. The minimum atomic E-state index is -1.81. The fourth-order valence-corrected chi connectivity index (χ4v) is 5.53. The van der Waals surface area contributed by atoms with Crippen LogP contribution < -0.4 is 0 Å². The first-order chi connectivity index (χ1) is 13.9. The molecule has 2 aromatic rings. The molecule has 4 rings (SSSR count). The number of nitrogens with zero attached hydrogens (tertiary/aromatic N) is 2. The van der Waals surface area contributed by atoms with Crippen molar-refractivity contribution in [2.75, 3.05) is 5.75 Å². The van der Waals surface area contributed by atoms with Gasteiger partial charge in [-0.25, -0.2) is 0 Å². The second-order valence-electron chi connectivity index (χ2n) is 7.15. The molecule has 2 aromatic carbocycles. The molecule has 29 heavy (non-hydrogen) atoms. The van der Waals surface area contributed by atoms with Gasteiger partial charge in [-0.3, -0.25) is 14.5 Å². The van der Waals surface area contributed by atoms with Crippen LogP contribution in [-0.4, -0.2) is 33.2 Å². The molecule has 1 N–H and O–H groups in total. The van der Waals surface area contributed by atoms with Crippen LogP contribution in [0.25, 0.3) is 0 Å². The predicted molar refractivity (Wildman–Crippen MR) is 111 cm³/mol. The van der Waals surface area contributed by atoms with E-state index in [1.807, 2.05) is 0 Å². The van der Waals surface area contributed by atoms with Crippen LogP contribution in [-0.2, 0) is 4.79 Å². The maximum atomic E-state index is 13.6. The maximum Gasteiger partial charge on any atom is 0.240 e. The standard InChI is InChI=1S/C22H17ClN2O3S/c1-22(28)19(20(27)13-7-3-2-4-8-13)18(14-9-5-6-10-16(14)23)15(11-24)21-25(22)17(26)12-29-21/h2-10,18-19,28H,12H2,1H3. The summed E-state index contributed by atoms with van der Waals surface area (Å²) in [5.74, 6) is -2.44. The summed E-state index contributed by atoms with van der Waals surface area (Å²) in [6, 6.07) is 17.8. The molecule has 5 nitrogen and oxygen atoms in total. The van der Waals surface area contributed by atoms with Crippen LogP contribution >= 0.6 is 23.4 Å². The molecular formula is C22H17ClN2O3S. The number of fused-ring (bicyclic) bond motifs is 1. The van der Waals surface area contributed by atoms with E-state index in [9.17, 15) is 20.0 Å². The van der Waals surface area contributed by atoms with Crippen molar-refractivity contribution in [2.24, 2.45) is 5.92 Å². The molecule has 1 fully saturated rings. The first-order valence-corrected chi connectivity index (χ1v) is 10.4. The van der Waals surface area contributed by atoms with Crippen LogP contribution in [0, 0.1) is 17.2 Å². The Balaban J connectivity index is 2.00. The van der Waals surface area contributed by atoms with Gasteiger partial charge in [0.25, 0.3) is 0 Å². The molecule has 0 aromatic heterocycles. The zero-order chi connectivity index (χ0) is 20.8. The van der Waals surface area contributed by atoms with Crippen molar-refractivity contribution >= 4 is 35.1 Å². The molecule has 3 atom stereocenters. The summed E-state index contributed by atoms with van der Waals surface area (Å²) in [6.07, 6.45) is 0. The Morgan fingerprint density at radius 2 is 1.90 bits per heavy atom. The second-order valence-corrected chi connectivity index (χ2v) is 8.52. The number of thioether (sulfide) groups is 1. The minimum Gasteiger partial charge on any atom is -0.370 e. The molecule has 2 aliphatic rings. The molecule has 1 amide bonds. The quantitative estimate of drug-likeness (QED) is 0.754. The molecule has 1 saturated heterocycles. The molecule has 2 heterocycles. The number of nitriles is 1. The van der Waals surface area contributed by atoms with Crippen molar-refractivity contribution in [1.29, 1.82) is 5.26 Å². The van der Waals surface area contributed by atoms with E-state index in [4.69, 9.17) is 11.6 Å². The normalized spacial score (nSPS) is 26.3. The third kappa shape index (κ3) is 3.06. The molecule has 0 radical (unpaired) electrons. The SMILES string of the molecule is CC1(O)C(C(=O)c2ccccc2)C(c2ccccc2Cl)C(C#N)=C2SCC(=O)N21. The molecule has 0 saturated carbocycles. The Hall–Kier alpha value is -2.59.